The van der Waals surface area contributed by atoms with E-state index in [1.807, 2.05) is 6.08 Å². The lowest BCUT2D eigenvalue weighted by Gasteiger charge is -2.36. The average Bonchev–Trinajstić information content (AvgIpc) is 2.20. The number of carbonyl (C=O) groups excluding carboxylic acids is 1. The molecule has 2 N–H and O–H groups in total. The van der Waals surface area contributed by atoms with E-state index in [9.17, 15) is 4.79 Å². The van der Waals surface area contributed by atoms with E-state index in [0.29, 0.717) is 17.8 Å². The van der Waals surface area contributed by atoms with Gasteiger partial charge in [-0.05, 0) is 30.1 Å². The van der Waals surface area contributed by atoms with Gasteiger partial charge < -0.3 is 0 Å². The van der Waals surface area contributed by atoms with Crippen molar-refractivity contribution >= 4 is 5.91 Å². The van der Waals surface area contributed by atoms with E-state index in [0.717, 1.165) is 12.0 Å². The summed E-state index contributed by atoms with van der Waals surface area (Å²) < 4.78 is 0. The van der Waals surface area contributed by atoms with Crippen molar-refractivity contribution in [3.05, 3.63) is 11.6 Å². The van der Waals surface area contributed by atoms with Gasteiger partial charge in [-0.25, -0.2) is 5.48 Å². The molecule has 3 heteroatoms. The molecule has 0 aromatic heterocycles. The van der Waals surface area contributed by atoms with Gasteiger partial charge in [0.15, 0.2) is 0 Å². The van der Waals surface area contributed by atoms with Crippen LogP contribution in [0.3, 0.4) is 0 Å². The largest absolute Gasteiger partial charge is 0.288 e. The second-order valence-electron chi connectivity index (χ2n) is 4.89. The first-order chi connectivity index (χ1) is 6.99. The Bertz CT molecular complexity index is 271. The highest BCUT2D eigenvalue weighted by Gasteiger charge is 2.32. The van der Waals surface area contributed by atoms with E-state index < -0.39 is 0 Å². The molecular weight excluding hydrogens is 190 g/mol. The molecule has 0 aromatic carbocycles. The molecule has 0 heterocycles. The standard InChI is InChI=1S/C12H21NO2/c1-7(2)10-5-6-11(12(14)13-15)9(4)8(10)3/h6-10,15H,5H2,1-4H3,(H,13,14). The van der Waals surface area contributed by atoms with Crippen LogP contribution in [0.4, 0.5) is 0 Å². The summed E-state index contributed by atoms with van der Waals surface area (Å²) in [6.07, 6.45) is 2.91. The van der Waals surface area contributed by atoms with Crippen LogP contribution in [0.2, 0.25) is 0 Å². The molecule has 3 nitrogen and oxygen atoms in total. The number of carbonyl (C=O) groups is 1. The van der Waals surface area contributed by atoms with Gasteiger partial charge in [0, 0.05) is 5.57 Å². The Kier molecular flexibility index (Phi) is 3.91. The van der Waals surface area contributed by atoms with Crippen molar-refractivity contribution in [3.8, 4) is 0 Å². The Labute approximate surface area is 91.5 Å². The van der Waals surface area contributed by atoms with Gasteiger partial charge in [-0.3, -0.25) is 10.0 Å². The van der Waals surface area contributed by atoms with Crippen LogP contribution < -0.4 is 5.48 Å². The lowest BCUT2D eigenvalue weighted by Crippen LogP contribution is -2.34. The Morgan fingerprint density at radius 3 is 2.60 bits per heavy atom. The molecule has 15 heavy (non-hydrogen) atoms. The van der Waals surface area contributed by atoms with Crippen LogP contribution in [0.15, 0.2) is 11.6 Å². The summed E-state index contributed by atoms with van der Waals surface area (Å²) in [5.74, 6) is 1.63. The fourth-order valence-electron chi connectivity index (χ4n) is 2.56. The third-order valence-corrected chi connectivity index (χ3v) is 3.78. The molecular formula is C12H21NO2. The summed E-state index contributed by atoms with van der Waals surface area (Å²) >= 11 is 0. The lowest BCUT2D eigenvalue weighted by atomic mass is 9.69. The number of hydrogen-bond donors (Lipinski definition) is 2. The Balaban J connectivity index is 2.84. The maximum atomic E-state index is 11.4. The van der Waals surface area contributed by atoms with Gasteiger partial charge in [0.05, 0.1) is 0 Å². The first-order valence-corrected chi connectivity index (χ1v) is 5.63. The first kappa shape index (κ1) is 12.2. The topological polar surface area (TPSA) is 49.3 Å². The predicted octanol–water partition coefficient (Wildman–Crippen LogP) is 2.37. The van der Waals surface area contributed by atoms with Crippen LogP contribution in [0.25, 0.3) is 0 Å². The predicted molar refractivity (Wildman–Crippen MR) is 59.3 cm³/mol. The van der Waals surface area contributed by atoms with E-state index >= 15 is 0 Å². The van der Waals surface area contributed by atoms with Crippen molar-refractivity contribution < 1.29 is 10.0 Å². The molecule has 1 amide bonds. The molecule has 1 rings (SSSR count). The number of hydrogen-bond acceptors (Lipinski definition) is 2. The highest BCUT2D eigenvalue weighted by Crippen LogP contribution is 2.38. The average molecular weight is 211 g/mol. The normalized spacial score (nSPS) is 31.3. The fraction of sp³-hybridized carbons (Fsp3) is 0.750. The van der Waals surface area contributed by atoms with Crippen molar-refractivity contribution in [1.82, 2.24) is 5.48 Å². The zero-order chi connectivity index (χ0) is 11.6. The maximum absolute atomic E-state index is 11.4. The molecule has 1 aliphatic rings. The molecule has 86 valence electrons. The molecule has 1 aliphatic carbocycles. The van der Waals surface area contributed by atoms with Crippen molar-refractivity contribution in [3.63, 3.8) is 0 Å². The minimum Gasteiger partial charge on any atom is -0.288 e. The van der Waals surface area contributed by atoms with E-state index in [1.165, 1.54) is 0 Å². The smallest absolute Gasteiger partial charge is 0.270 e. The number of allylic oxidation sites excluding steroid dienone is 1. The van der Waals surface area contributed by atoms with Crippen LogP contribution in [0.1, 0.15) is 34.1 Å². The summed E-state index contributed by atoms with van der Waals surface area (Å²) in [5.41, 5.74) is 2.45. The van der Waals surface area contributed by atoms with Crippen molar-refractivity contribution in [2.75, 3.05) is 0 Å². The van der Waals surface area contributed by atoms with Gasteiger partial charge in [-0.2, -0.15) is 0 Å². The second kappa shape index (κ2) is 4.79. The zero-order valence-electron chi connectivity index (χ0n) is 9.95. The van der Waals surface area contributed by atoms with Gasteiger partial charge in [0.25, 0.3) is 5.91 Å². The van der Waals surface area contributed by atoms with Gasteiger partial charge in [0.1, 0.15) is 0 Å². The monoisotopic (exact) mass is 211 g/mol. The van der Waals surface area contributed by atoms with Crippen molar-refractivity contribution in [2.45, 2.75) is 34.1 Å². The third kappa shape index (κ3) is 2.40. The molecule has 0 fully saturated rings. The van der Waals surface area contributed by atoms with E-state index in [1.54, 1.807) is 5.48 Å². The summed E-state index contributed by atoms with van der Waals surface area (Å²) in [6, 6.07) is 0. The Morgan fingerprint density at radius 1 is 1.53 bits per heavy atom. The van der Waals surface area contributed by atoms with Gasteiger partial charge in [0.2, 0.25) is 0 Å². The van der Waals surface area contributed by atoms with Crippen LogP contribution >= 0.6 is 0 Å². The Hall–Kier alpha value is -0.830. The van der Waals surface area contributed by atoms with Gasteiger partial charge in [-0.1, -0.05) is 33.8 Å². The third-order valence-electron chi connectivity index (χ3n) is 3.78. The number of amides is 1. The van der Waals surface area contributed by atoms with Gasteiger partial charge >= 0.3 is 0 Å². The molecule has 0 aromatic rings. The van der Waals surface area contributed by atoms with Crippen LogP contribution in [-0.4, -0.2) is 11.1 Å². The Morgan fingerprint density at radius 2 is 2.13 bits per heavy atom. The highest BCUT2D eigenvalue weighted by atomic mass is 16.5. The molecule has 0 aliphatic heterocycles. The maximum Gasteiger partial charge on any atom is 0.270 e. The molecule has 0 bridgehead atoms. The molecule has 0 saturated heterocycles. The zero-order valence-corrected chi connectivity index (χ0v) is 9.95. The van der Waals surface area contributed by atoms with E-state index in [4.69, 9.17) is 5.21 Å². The summed E-state index contributed by atoms with van der Waals surface area (Å²) in [7, 11) is 0. The number of rotatable bonds is 2. The summed E-state index contributed by atoms with van der Waals surface area (Å²) in [4.78, 5) is 11.4. The quantitative estimate of drug-likeness (QED) is 0.544. The molecule has 0 radical (unpaired) electrons. The number of hydroxylamine groups is 1. The minimum absolute atomic E-state index is 0.221. The van der Waals surface area contributed by atoms with E-state index in [-0.39, 0.29) is 11.8 Å². The van der Waals surface area contributed by atoms with E-state index in [2.05, 4.69) is 27.7 Å². The van der Waals surface area contributed by atoms with Gasteiger partial charge in [-0.15, -0.1) is 0 Å². The van der Waals surface area contributed by atoms with Crippen molar-refractivity contribution in [2.24, 2.45) is 23.7 Å². The minimum atomic E-state index is -0.350. The highest BCUT2D eigenvalue weighted by molar-refractivity contribution is 5.93. The van der Waals surface area contributed by atoms with Crippen molar-refractivity contribution in [1.29, 1.82) is 0 Å². The fourth-order valence-corrected chi connectivity index (χ4v) is 2.56. The summed E-state index contributed by atoms with van der Waals surface area (Å²) in [6.45, 7) is 8.69. The molecule has 3 unspecified atom stereocenters. The second-order valence-corrected chi connectivity index (χ2v) is 4.89. The lowest BCUT2D eigenvalue weighted by molar-refractivity contribution is -0.126. The molecule has 3 atom stereocenters. The SMILES string of the molecule is CC(C)C1CC=C(C(=O)NO)C(C)C1C. The summed E-state index contributed by atoms with van der Waals surface area (Å²) in [5, 5.41) is 8.63. The molecule has 0 spiro atoms. The number of nitrogens with one attached hydrogen (secondary N) is 1. The van der Waals surface area contributed by atoms with Crippen LogP contribution in [0.5, 0.6) is 0 Å². The first-order valence-electron chi connectivity index (χ1n) is 5.63. The van der Waals surface area contributed by atoms with Crippen LogP contribution in [0, 0.1) is 23.7 Å². The van der Waals surface area contributed by atoms with Crippen LogP contribution in [-0.2, 0) is 4.79 Å². The molecule has 0 saturated carbocycles.